The molecule has 3 N–H and O–H groups in total. The summed E-state index contributed by atoms with van der Waals surface area (Å²) in [5, 5.41) is 8.82. The summed E-state index contributed by atoms with van der Waals surface area (Å²) >= 11 is 0. The van der Waals surface area contributed by atoms with Crippen LogP contribution in [0.5, 0.6) is 11.5 Å². The third-order valence-electron chi connectivity index (χ3n) is 9.76. The number of likely N-dealkylation sites (tertiary alicyclic amines) is 1. The van der Waals surface area contributed by atoms with Crippen LogP contribution in [-0.4, -0.2) is 91.4 Å². The van der Waals surface area contributed by atoms with Crippen LogP contribution >= 0.6 is 0 Å². The predicted octanol–water partition coefficient (Wildman–Crippen LogP) is 3.58. The van der Waals surface area contributed by atoms with Crippen LogP contribution in [0.4, 0.5) is 0 Å². The Morgan fingerprint density at radius 1 is 0.980 bits per heavy atom. The van der Waals surface area contributed by atoms with Crippen LogP contribution in [0.2, 0.25) is 0 Å². The average Bonchev–Trinajstić information content (AvgIpc) is 3.55. The molecule has 0 spiro atoms. The Labute approximate surface area is 300 Å². The summed E-state index contributed by atoms with van der Waals surface area (Å²) in [6, 6.07) is 21.1. The van der Waals surface area contributed by atoms with Crippen LogP contribution in [0.15, 0.2) is 85.1 Å². The zero-order valence-electron chi connectivity index (χ0n) is 30.0. The number of carbonyl (C=O) groups is 4. The molecule has 0 saturated carbocycles. The first-order chi connectivity index (χ1) is 24.6. The highest BCUT2D eigenvalue weighted by Crippen LogP contribution is 2.30. The van der Waals surface area contributed by atoms with Crippen molar-refractivity contribution in [2.24, 2.45) is 5.92 Å². The Kier molecular flexibility index (Phi) is 12.5. The van der Waals surface area contributed by atoms with Crippen molar-refractivity contribution >= 4 is 29.7 Å². The van der Waals surface area contributed by atoms with Crippen LogP contribution in [-0.2, 0) is 32.0 Å². The summed E-state index contributed by atoms with van der Waals surface area (Å²) in [7, 11) is 5.24. The first kappa shape index (κ1) is 37.1. The number of carbonyl (C=O) groups excluding carboxylic acids is 4. The van der Waals surface area contributed by atoms with Crippen molar-refractivity contribution in [2.75, 3.05) is 27.7 Å². The zero-order chi connectivity index (χ0) is 36.5. The third-order valence-corrected chi connectivity index (χ3v) is 9.76. The van der Waals surface area contributed by atoms with Gasteiger partial charge in [0, 0.05) is 31.1 Å². The van der Waals surface area contributed by atoms with Gasteiger partial charge in [-0.3, -0.25) is 24.1 Å². The highest BCUT2D eigenvalue weighted by Gasteiger charge is 2.46. The van der Waals surface area contributed by atoms with Crippen molar-refractivity contribution in [1.82, 2.24) is 25.8 Å². The van der Waals surface area contributed by atoms with Gasteiger partial charge in [0.05, 0.1) is 13.2 Å². The maximum Gasteiger partial charge on any atom is 0.247 e. The third kappa shape index (κ3) is 9.15. The van der Waals surface area contributed by atoms with Gasteiger partial charge < -0.3 is 30.3 Å². The molecule has 3 aromatic carbocycles. The summed E-state index contributed by atoms with van der Waals surface area (Å²) in [6.45, 7) is 4.06. The molecule has 4 amide bonds. The van der Waals surface area contributed by atoms with Crippen LogP contribution in [0.25, 0.3) is 6.08 Å². The Morgan fingerprint density at radius 3 is 2.27 bits per heavy atom. The number of rotatable bonds is 11. The van der Waals surface area contributed by atoms with Crippen molar-refractivity contribution in [3.8, 4) is 11.5 Å². The van der Waals surface area contributed by atoms with Gasteiger partial charge in [-0.15, -0.1) is 0 Å². The maximum atomic E-state index is 14.7. The van der Waals surface area contributed by atoms with Crippen LogP contribution < -0.4 is 25.4 Å². The second-order valence-electron chi connectivity index (χ2n) is 13.5. The minimum atomic E-state index is -1.07. The number of benzene rings is 3. The molecule has 0 radical (unpaired) electrons. The number of methoxy groups -OCH3 is 1. The quantitative estimate of drug-likeness (QED) is 0.280. The molecule has 11 nitrogen and oxygen atoms in total. The second kappa shape index (κ2) is 17.2. The van der Waals surface area contributed by atoms with Crippen molar-refractivity contribution in [3.05, 3.63) is 102 Å². The largest absolute Gasteiger partial charge is 0.496 e. The standard InChI is InChI=1S/C40H49N5O6/c1-6-26(2)35-38(47)41-21-19-29-25-30(17-18-33(29)50-5)51-34-20-22-45(36(34)39(48)43-35)40(49)31(23-27-13-9-7-10-14-27)42-37(46)32(44(3)4)24-28-15-11-8-12-16-28/h7-19,21,25-26,31-32,34-36H,6,20,22-24H2,1-5H3,(H,41,47)(H,42,46)(H,43,48). The first-order valence-electron chi connectivity index (χ1n) is 17.6. The predicted molar refractivity (Wildman–Crippen MR) is 196 cm³/mol. The van der Waals surface area contributed by atoms with Crippen molar-refractivity contribution in [1.29, 1.82) is 0 Å². The number of amides is 4. The highest BCUT2D eigenvalue weighted by atomic mass is 16.5. The van der Waals surface area contributed by atoms with Gasteiger partial charge in [0.25, 0.3) is 0 Å². The van der Waals surface area contributed by atoms with Crippen molar-refractivity contribution in [2.45, 2.75) is 69.8 Å². The Hall–Kier alpha value is -5.16. The minimum absolute atomic E-state index is 0.203. The van der Waals surface area contributed by atoms with Gasteiger partial charge in [-0.05, 0) is 61.8 Å². The van der Waals surface area contributed by atoms with Crippen LogP contribution in [0.3, 0.4) is 0 Å². The summed E-state index contributed by atoms with van der Waals surface area (Å²) in [6.07, 6.45) is 4.19. The Morgan fingerprint density at radius 2 is 1.65 bits per heavy atom. The molecule has 6 atom stereocenters. The van der Waals surface area contributed by atoms with E-state index in [-0.39, 0.29) is 30.7 Å². The van der Waals surface area contributed by atoms with E-state index in [2.05, 4.69) is 16.0 Å². The highest BCUT2D eigenvalue weighted by molar-refractivity contribution is 5.96. The summed E-state index contributed by atoms with van der Waals surface area (Å²) in [5.41, 5.74) is 2.53. The van der Waals surface area contributed by atoms with Gasteiger partial charge in [0.15, 0.2) is 0 Å². The van der Waals surface area contributed by atoms with E-state index in [4.69, 9.17) is 9.47 Å². The number of fused-ring (bicyclic) bond motifs is 3. The molecule has 3 aromatic rings. The van der Waals surface area contributed by atoms with E-state index >= 15 is 0 Å². The fourth-order valence-electron chi connectivity index (χ4n) is 6.64. The van der Waals surface area contributed by atoms with E-state index in [1.807, 2.05) is 93.5 Å². The topological polar surface area (TPSA) is 129 Å². The normalized spacial score (nSPS) is 20.7. The fraction of sp³-hybridized carbons (Fsp3) is 0.400. The molecule has 2 bridgehead atoms. The number of likely N-dealkylation sites (N-methyl/N-ethyl adjacent to an activating group) is 1. The van der Waals surface area contributed by atoms with E-state index < -0.39 is 42.1 Å². The molecule has 0 aromatic heterocycles. The molecule has 1 saturated heterocycles. The summed E-state index contributed by atoms with van der Waals surface area (Å²) in [5.74, 6) is -0.704. The van der Waals surface area contributed by atoms with Gasteiger partial charge in [-0.2, -0.15) is 0 Å². The maximum absolute atomic E-state index is 14.7. The molecule has 6 unspecified atom stereocenters. The van der Waals surface area contributed by atoms with Gasteiger partial charge in [-0.25, -0.2) is 0 Å². The second-order valence-corrected chi connectivity index (χ2v) is 13.5. The van der Waals surface area contributed by atoms with Gasteiger partial charge >= 0.3 is 0 Å². The smallest absolute Gasteiger partial charge is 0.247 e. The molecule has 11 heteroatoms. The van der Waals surface area contributed by atoms with Crippen LogP contribution in [0.1, 0.15) is 43.4 Å². The molecule has 2 aliphatic heterocycles. The fourth-order valence-corrected chi connectivity index (χ4v) is 6.64. The molecule has 2 heterocycles. The number of hydrogen-bond donors (Lipinski definition) is 3. The van der Waals surface area contributed by atoms with E-state index in [1.54, 1.807) is 31.4 Å². The van der Waals surface area contributed by atoms with Gasteiger partial charge in [0.1, 0.15) is 35.7 Å². The number of nitrogens with zero attached hydrogens (tertiary/aromatic N) is 2. The molecule has 270 valence electrons. The summed E-state index contributed by atoms with van der Waals surface area (Å²) in [4.78, 5) is 59.8. The number of nitrogens with one attached hydrogen (secondary N) is 3. The lowest BCUT2D eigenvalue weighted by atomic mass is 9.97. The van der Waals surface area contributed by atoms with E-state index in [0.717, 1.165) is 11.1 Å². The van der Waals surface area contributed by atoms with E-state index in [0.29, 0.717) is 36.3 Å². The Balaban J connectivity index is 1.49. The Bertz CT molecular complexity index is 1700. The molecule has 1 fully saturated rings. The number of hydrogen-bond acceptors (Lipinski definition) is 7. The molecular weight excluding hydrogens is 646 g/mol. The molecule has 0 aliphatic carbocycles. The van der Waals surface area contributed by atoms with E-state index in [1.165, 1.54) is 11.1 Å². The minimum Gasteiger partial charge on any atom is -0.496 e. The van der Waals surface area contributed by atoms with Gasteiger partial charge in [-0.1, -0.05) is 80.9 Å². The molecule has 2 aliphatic rings. The monoisotopic (exact) mass is 695 g/mol. The zero-order valence-corrected chi connectivity index (χ0v) is 30.0. The summed E-state index contributed by atoms with van der Waals surface area (Å²) < 4.78 is 12.0. The average molecular weight is 696 g/mol. The van der Waals surface area contributed by atoms with E-state index in [9.17, 15) is 19.2 Å². The van der Waals surface area contributed by atoms with Crippen molar-refractivity contribution < 1.29 is 28.7 Å². The number of ether oxygens (including phenoxy) is 2. The SMILES string of the molecule is CCC(C)C1NC(=O)C2C(CCN2C(=O)C(Cc2ccccc2)NC(=O)C(Cc2ccccc2)N(C)C)Oc2ccc(OC)c(c2)C=CNC1=O. The van der Waals surface area contributed by atoms with Crippen LogP contribution in [0, 0.1) is 5.92 Å². The lowest BCUT2D eigenvalue weighted by molar-refractivity contribution is -0.144. The van der Waals surface area contributed by atoms with Gasteiger partial charge in [0.2, 0.25) is 23.6 Å². The van der Waals surface area contributed by atoms with Crippen molar-refractivity contribution in [3.63, 3.8) is 0 Å². The molecule has 5 rings (SSSR count). The first-order valence-corrected chi connectivity index (χ1v) is 17.6. The molecular formula is C40H49N5O6. The lowest BCUT2D eigenvalue weighted by Gasteiger charge is -2.33. The molecule has 51 heavy (non-hydrogen) atoms. The lowest BCUT2D eigenvalue weighted by Crippen LogP contribution is -2.60.